The minimum absolute atomic E-state index is 0.00824. The minimum atomic E-state index is -0.359. The van der Waals surface area contributed by atoms with E-state index in [1.54, 1.807) is 37.0 Å². The van der Waals surface area contributed by atoms with Crippen LogP contribution in [0.2, 0.25) is 0 Å². The number of amidine groups is 2. The van der Waals surface area contributed by atoms with Gasteiger partial charge < -0.3 is 14.2 Å². The van der Waals surface area contributed by atoms with E-state index in [1.807, 2.05) is 47.4 Å². The second-order valence-electron chi connectivity index (χ2n) is 8.43. The van der Waals surface area contributed by atoms with Gasteiger partial charge in [0.25, 0.3) is 17.6 Å². The lowest BCUT2D eigenvalue weighted by Crippen LogP contribution is -2.50. The molecule has 174 valence electrons. The summed E-state index contributed by atoms with van der Waals surface area (Å²) in [5.74, 6) is 8.84. The molecule has 1 fully saturated rings. The highest BCUT2D eigenvalue weighted by atomic mass is 16.3. The third-order valence-corrected chi connectivity index (χ3v) is 6.17. The van der Waals surface area contributed by atoms with Gasteiger partial charge in [0.1, 0.15) is 17.7 Å². The zero-order chi connectivity index (χ0) is 23.8. The second-order valence-corrected chi connectivity index (χ2v) is 8.43. The summed E-state index contributed by atoms with van der Waals surface area (Å²) in [6.45, 7) is 2.74. The molecule has 3 aliphatic rings. The van der Waals surface area contributed by atoms with E-state index in [0.29, 0.717) is 41.8 Å². The predicted molar refractivity (Wildman–Crippen MR) is 132 cm³/mol. The molecule has 10 nitrogen and oxygen atoms in total. The van der Waals surface area contributed by atoms with E-state index in [1.165, 1.54) is 0 Å². The van der Waals surface area contributed by atoms with Gasteiger partial charge in [0.05, 0.1) is 6.26 Å². The van der Waals surface area contributed by atoms with Crippen LogP contribution in [0.4, 0.5) is 5.82 Å². The molecule has 3 aliphatic heterocycles. The Morgan fingerprint density at radius 3 is 2.69 bits per heavy atom. The highest BCUT2D eigenvalue weighted by Crippen LogP contribution is 2.27. The lowest BCUT2D eigenvalue weighted by Gasteiger charge is -2.35. The van der Waals surface area contributed by atoms with E-state index in [9.17, 15) is 4.79 Å². The van der Waals surface area contributed by atoms with Gasteiger partial charge in [-0.3, -0.25) is 4.79 Å². The third kappa shape index (κ3) is 3.94. The maximum atomic E-state index is 13.3. The number of benzene rings is 1. The van der Waals surface area contributed by atoms with Crippen LogP contribution in [-0.4, -0.2) is 64.6 Å². The van der Waals surface area contributed by atoms with Crippen molar-refractivity contribution in [3.05, 3.63) is 90.1 Å². The molecule has 1 saturated heterocycles. The van der Waals surface area contributed by atoms with Gasteiger partial charge in [-0.1, -0.05) is 18.2 Å². The number of furan rings is 1. The molecule has 1 unspecified atom stereocenters. The Labute approximate surface area is 201 Å². The Kier molecular flexibility index (Phi) is 5.09. The zero-order valence-corrected chi connectivity index (χ0v) is 18.9. The first-order chi connectivity index (χ1) is 17.1. The molecule has 0 aliphatic carbocycles. The maximum absolute atomic E-state index is 13.3. The number of piperazine rings is 1. The number of carbonyl (C=O) groups is 1. The first-order valence-electron chi connectivity index (χ1n) is 11.3. The Hall–Kier alpha value is -4.41. The van der Waals surface area contributed by atoms with Crippen LogP contribution in [0, 0.1) is 0 Å². The number of amides is 1. The molecular weight excluding hydrogens is 444 g/mol. The average Bonchev–Trinajstić information content (AvgIpc) is 3.56. The monoisotopic (exact) mass is 467 g/mol. The summed E-state index contributed by atoms with van der Waals surface area (Å²) in [4.78, 5) is 30.7. The van der Waals surface area contributed by atoms with E-state index in [-0.39, 0.29) is 10.6 Å². The number of anilines is 1. The molecule has 0 saturated carbocycles. The maximum Gasteiger partial charge on any atom is 0.300 e. The molecule has 1 aromatic carbocycles. The van der Waals surface area contributed by atoms with Crippen molar-refractivity contribution in [2.75, 3.05) is 31.1 Å². The fraction of sp³-hybridized carbons (Fsp3) is 0.160. The van der Waals surface area contributed by atoms with Crippen LogP contribution >= 0.6 is 0 Å². The van der Waals surface area contributed by atoms with Crippen molar-refractivity contribution in [1.29, 1.82) is 0 Å². The molecule has 0 radical (unpaired) electrons. The summed E-state index contributed by atoms with van der Waals surface area (Å²) in [5.41, 5.74) is 2.00. The average molecular weight is 468 g/mol. The molecule has 1 atom stereocenters. The van der Waals surface area contributed by atoms with Crippen LogP contribution < -0.4 is 10.7 Å². The van der Waals surface area contributed by atoms with Crippen LogP contribution in [0.15, 0.2) is 92.8 Å². The number of nitrogens with two attached hydrogens (primary N) is 1. The fourth-order valence-corrected chi connectivity index (χ4v) is 4.32. The number of rotatable bonds is 4. The molecule has 0 bridgehead atoms. The van der Waals surface area contributed by atoms with Crippen molar-refractivity contribution in [3.63, 3.8) is 0 Å². The summed E-state index contributed by atoms with van der Waals surface area (Å²) >= 11 is 0. The smallest absolute Gasteiger partial charge is 0.300 e. The van der Waals surface area contributed by atoms with E-state index in [0.717, 1.165) is 24.5 Å². The lowest BCUT2D eigenvalue weighted by molar-refractivity contribution is -0.802. The first-order valence-corrected chi connectivity index (χ1v) is 11.3. The molecule has 1 amide bonds. The van der Waals surface area contributed by atoms with Crippen molar-refractivity contribution < 1.29 is 13.9 Å². The second kappa shape index (κ2) is 8.42. The molecule has 35 heavy (non-hydrogen) atoms. The van der Waals surface area contributed by atoms with E-state index >= 15 is 0 Å². The number of aliphatic imine (C=N–C) groups is 2. The van der Waals surface area contributed by atoms with Crippen LogP contribution in [0.25, 0.3) is 5.70 Å². The lowest BCUT2D eigenvalue weighted by atomic mass is 10.1. The summed E-state index contributed by atoms with van der Waals surface area (Å²) < 4.78 is 5.04. The van der Waals surface area contributed by atoms with Gasteiger partial charge in [-0.25, -0.2) is 9.98 Å². The highest BCUT2D eigenvalue weighted by Gasteiger charge is 2.40. The summed E-state index contributed by atoms with van der Waals surface area (Å²) in [5, 5.41) is 4.51. The van der Waals surface area contributed by atoms with Gasteiger partial charge in [0.2, 0.25) is 0 Å². The molecule has 0 spiro atoms. The fourth-order valence-electron chi connectivity index (χ4n) is 4.32. The van der Waals surface area contributed by atoms with Gasteiger partial charge in [0, 0.05) is 43.5 Å². The normalized spacial score (nSPS) is 21.3. The van der Waals surface area contributed by atoms with Crippen molar-refractivity contribution >= 4 is 35.3 Å². The molecule has 2 N–H and O–H groups in total. The van der Waals surface area contributed by atoms with Crippen molar-refractivity contribution in [1.82, 2.24) is 9.88 Å². The van der Waals surface area contributed by atoms with Gasteiger partial charge in [-0.05, 0) is 46.2 Å². The molecular formula is C25H23N8O2+. The molecule has 5 heterocycles. The molecule has 3 aromatic rings. The number of nitrogens with zero attached hydrogens (tertiary/aromatic N) is 7. The Morgan fingerprint density at radius 2 is 1.91 bits per heavy atom. The Morgan fingerprint density at radius 1 is 1.03 bits per heavy atom. The van der Waals surface area contributed by atoms with Crippen molar-refractivity contribution in [2.45, 2.75) is 0 Å². The van der Waals surface area contributed by atoms with Crippen LogP contribution in [0.1, 0.15) is 21.7 Å². The van der Waals surface area contributed by atoms with Crippen LogP contribution in [-0.2, 0) is 0 Å². The van der Waals surface area contributed by atoms with Crippen LogP contribution in [0.3, 0.4) is 0 Å². The number of aromatic nitrogens is 1. The number of carbonyl (C=O) groups excluding carboxylic acids is 1. The number of pyridine rings is 1. The Balaban J connectivity index is 1.19. The quantitative estimate of drug-likeness (QED) is 0.468. The number of quaternary nitrogens is 1. The van der Waals surface area contributed by atoms with Crippen molar-refractivity contribution in [3.8, 4) is 0 Å². The third-order valence-electron chi connectivity index (χ3n) is 6.17. The first kappa shape index (κ1) is 21.1. The van der Waals surface area contributed by atoms with Crippen molar-refractivity contribution in [2.24, 2.45) is 20.9 Å². The van der Waals surface area contributed by atoms with Gasteiger partial charge in [-0.2, -0.15) is 4.99 Å². The van der Waals surface area contributed by atoms with E-state index in [2.05, 4.69) is 25.0 Å². The topological polar surface area (TPSA) is 113 Å². The SMILES string of the molecule is N[N+]12C=C(c3cccc(C(=O)N4CCN(c5ccccn5)CC4)c3)N=CC1=NC(c1ccco1)=N2. The number of fused-ring (bicyclic) bond motifs is 1. The van der Waals surface area contributed by atoms with Gasteiger partial charge >= 0.3 is 0 Å². The Bertz CT molecular complexity index is 1390. The summed E-state index contributed by atoms with van der Waals surface area (Å²) in [6.07, 6.45) is 6.66. The summed E-state index contributed by atoms with van der Waals surface area (Å²) in [7, 11) is 0. The molecule has 6 rings (SSSR count). The van der Waals surface area contributed by atoms with Crippen LogP contribution in [0.5, 0.6) is 0 Å². The standard InChI is InChI=1S/C25H23N8O2/c26-33-17-20(28-16-23(33)29-24(30-33)21-7-4-14-35-21)18-5-3-6-19(15-18)25(34)32-12-10-31(11-13-32)22-8-1-2-9-27-22/h1-9,14-17H,10-13,26H2/q+1. The number of hydrogen-bond donors (Lipinski definition) is 1. The molecule has 2 aromatic heterocycles. The zero-order valence-electron chi connectivity index (χ0n) is 18.9. The highest BCUT2D eigenvalue weighted by molar-refractivity contribution is 6.32. The molecule has 10 heteroatoms. The minimum Gasteiger partial charge on any atom is -0.461 e. The van der Waals surface area contributed by atoms with Gasteiger partial charge in [0.15, 0.2) is 12.0 Å². The van der Waals surface area contributed by atoms with Gasteiger partial charge in [-0.15, -0.1) is 5.84 Å². The van der Waals surface area contributed by atoms with E-state index < -0.39 is 0 Å². The van der Waals surface area contributed by atoms with E-state index in [4.69, 9.17) is 10.3 Å². The predicted octanol–water partition coefficient (Wildman–Crippen LogP) is 2.48. The summed E-state index contributed by atoms with van der Waals surface area (Å²) in [6, 6.07) is 16.8. The largest absolute Gasteiger partial charge is 0.461 e. The number of hydrogen-bond acceptors (Lipinski definition) is 8.